The van der Waals surface area contributed by atoms with Crippen LogP contribution in [-0.4, -0.2) is 41.5 Å². The SMILES string of the molecule is N#CSCCC(F)(F)C(F)(F)C(F)(F)C(F)(F)C(F)(F)C(F)(F)F. The number of halogens is 13. The molecule has 0 aliphatic rings. The second-order valence-corrected chi connectivity index (χ2v) is 5.07. The summed E-state index contributed by atoms with van der Waals surface area (Å²) in [6.45, 7) is 0. The molecule has 15 heteroatoms. The normalized spacial score (nSPS) is 15.3. The van der Waals surface area contributed by atoms with Crippen molar-refractivity contribution in [1.82, 2.24) is 0 Å². The number of hydrogen-bond acceptors (Lipinski definition) is 2. The third-order valence-electron chi connectivity index (χ3n) is 2.58. The van der Waals surface area contributed by atoms with Crippen LogP contribution in [0.3, 0.4) is 0 Å². The molecule has 0 N–H and O–H groups in total. The number of hydrogen-bond donors (Lipinski definition) is 0. The first-order valence-electron chi connectivity index (χ1n) is 5.28. The lowest BCUT2D eigenvalue weighted by atomic mass is 9.93. The maximum Gasteiger partial charge on any atom is 0.460 e. The summed E-state index contributed by atoms with van der Waals surface area (Å²) in [5.41, 5.74) is 0. The van der Waals surface area contributed by atoms with Crippen molar-refractivity contribution in [3.63, 3.8) is 0 Å². The third-order valence-corrected chi connectivity index (χ3v) is 3.12. The van der Waals surface area contributed by atoms with Crippen LogP contribution >= 0.6 is 11.8 Å². The molecule has 0 unspecified atom stereocenters. The van der Waals surface area contributed by atoms with Crippen LogP contribution in [0.15, 0.2) is 0 Å². The molecule has 0 aliphatic heterocycles. The van der Waals surface area contributed by atoms with Gasteiger partial charge in [0.05, 0.1) is 0 Å². The van der Waals surface area contributed by atoms with Gasteiger partial charge in [-0.3, -0.25) is 0 Å². The highest BCUT2D eigenvalue weighted by atomic mass is 32.2. The van der Waals surface area contributed by atoms with E-state index in [0.29, 0.717) is 0 Å². The lowest BCUT2D eigenvalue weighted by Crippen LogP contribution is -2.70. The molecule has 0 rings (SSSR count). The Balaban J connectivity index is 5.97. The Kier molecular flexibility index (Phi) is 6.06. The van der Waals surface area contributed by atoms with Crippen LogP contribution in [0.1, 0.15) is 6.42 Å². The Hall–Kier alpha value is -1.07. The number of alkyl halides is 13. The van der Waals surface area contributed by atoms with Crippen LogP contribution in [0.5, 0.6) is 0 Å². The summed E-state index contributed by atoms with van der Waals surface area (Å²) in [5, 5.41) is 8.98. The molecule has 0 aromatic carbocycles. The topological polar surface area (TPSA) is 23.8 Å². The first-order valence-corrected chi connectivity index (χ1v) is 6.26. The highest BCUT2D eigenvalue weighted by Crippen LogP contribution is 2.60. The highest BCUT2D eigenvalue weighted by molar-refractivity contribution is 8.03. The first-order chi connectivity index (χ1) is 10.3. The molecule has 0 bridgehead atoms. The summed E-state index contributed by atoms with van der Waals surface area (Å²) in [6, 6.07) is 0. The predicted molar refractivity (Wildman–Crippen MR) is 53.5 cm³/mol. The van der Waals surface area contributed by atoms with Crippen LogP contribution in [0.2, 0.25) is 0 Å². The summed E-state index contributed by atoms with van der Waals surface area (Å²) >= 11 is -0.189. The summed E-state index contributed by atoms with van der Waals surface area (Å²) in [6.07, 6.45) is -9.77. The molecule has 0 aromatic heterocycles. The molecule has 0 heterocycles. The van der Waals surface area contributed by atoms with Crippen molar-refractivity contribution >= 4 is 11.8 Å². The van der Waals surface area contributed by atoms with E-state index in [1.165, 1.54) is 0 Å². The average molecular weight is 405 g/mol. The molecule has 0 spiro atoms. The highest BCUT2D eigenvalue weighted by Gasteiger charge is 2.90. The average Bonchev–Trinajstić information content (AvgIpc) is 2.36. The lowest BCUT2D eigenvalue weighted by molar-refractivity contribution is -0.439. The van der Waals surface area contributed by atoms with Gasteiger partial charge in [-0.15, -0.1) is 0 Å². The van der Waals surface area contributed by atoms with Gasteiger partial charge in [-0.25, -0.2) is 0 Å². The van der Waals surface area contributed by atoms with Crippen LogP contribution in [0, 0.1) is 10.7 Å². The molecule has 0 aliphatic carbocycles. The van der Waals surface area contributed by atoms with Crippen molar-refractivity contribution in [2.24, 2.45) is 0 Å². The van der Waals surface area contributed by atoms with Crippen LogP contribution < -0.4 is 0 Å². The fraction of sp³-hybridized carbons (Fsp3) is 0.889. The van der Waals surface area contributed by atoms with Crippen LogP contribution in [0.4, 0.5) is 57.1 Å². The van der Waals surface area contributed by atoms with E-state index in [4.69, 9.17) is 5.26 Å². The van der Waals surface area contributed by atoms with Crippen LogP contribution in [0.25, 0.3) is 0 Å². The molecule has 1 nitrogen and oxygen atoms in total. The predicted octanol–water partition coefficient (Wildman–Crippen LogP) is 5.33. The van der Waals surface area contributed by atoms with Gasteiger partial charge in [0.2, 0.25) is 0 Å². The van der Waals surface area contributed by atoms with Crippen molar-refractivity contribution < 1.29 is 57.1 Å². The van der Waals surface area contributed by atoms with Gasteiger partial charge in [0, 0.05) is 12.2 Å². The van der Waals surface area contributed by atoms with Gasteiger partial charge in [-0.05, 0) is 11.8 Å². The van der Waals surface area contributed by atoms with Gasteiger partial charge in [-0.2, -0.15) is 62.3 Å². The molecule has 0 atom stereocenters. The molecule has 0 fully saturated rings. The number of nitriles is 1. The maximum absolute atomic E-state index is 13.0. The molecule has 0 saturated heterocycles. The number of thioether (sulfide) groups is 1. The number of thiocyanates is 1. The van der Waals surface area contributed by atoms with E-state index >= 15 is 0 Å². The minimum absolute atomic E-state index is 0.189. The van der Waals surface area contributed by atoms with E-state index in [1.807, 2.05) is 0 Å². The smallest absolute Gasteiger partial charge is 0.200 e. The molecule has 24 heavy (non-hydrogen) atoms. The fourth-order valence-corrected chi connectivity index (χ4v) is 1.63. The van der Waals surface area contributed by atoms with Gasteiger partial charge < -0.3 is 0 Å². The second kappa shape index (κ2) is 6.34. The fourth-order valence-electron chi connectivity index (χ4n) is 1.18. The van der Waals surface area contributed by atoms with Gasteiger partial charge in [0.1, 0.15) is 5.40 Å². The van der Waals surface area contributed by atoms with E-state index in [1.54, 1.807) is 0 Å². The molecule has 0 amide bonds. The Labute approximate surface area is 128 Å². The van der Waals surface area contributed by atoms with E-state index < -0.39 is 48.0 Å². The van der Waals surface area contributed by atoms with Crippen molar-refractivity contribution in [2.75, 3.05) is 5.75 Å². The molecule has 0 aromatic rings. The largest absolute Gasteiger partial charge is 0.460 e. The molecule has 0 saturated carbocycles. The zero-order chi connectivity index (χ0) is 19.8. The zero-order valence-corrected chi connectivity index (χ0v) is 11.5. The summed E-state index contributed by atoms with van der Waals surface area (Å²) in [7, 11) is 0. The summed E-state index contributed by atoms with van der Waals surface area (Å²) < 4.78 is 164. The number of nitrogens with zero attached hydrogens (tertiary/aromatic N) is 1. The standard InChI is InChI=1S/C9H4F13NS/c10-4(11,1-2-24-3-23)5(12,13)6(14,15)7(16,17)8(18,19)9(20,21)22/h1-2H2. The Morgan fingerprint density at radius 3 is 1.33 bits per heavy atom. The minimum Gasteiger partial charge on any atom is -0.200 e. The van der Waals surface area contributed by atoms with Crippen molar-refractivity contribution in [2.45, 2.75) is 42.2 Å². The Bertz CT molecular complexity index is 489. The van der Waals surface area contributed by atoms with E-state index in [0.717, 1.165) is 5.40 Å². The zero-order valence-electron chi connectivity index (χ0n) is 10.7. The summed E-state index contributed by atoms with van der Waals surface area (Å²) in [4.78, 5) is 0. The maximum atomic E-state index is 13.0. The van der Waals surface area contributed by atoms with E-state index in [2.05, 4.69) is 0 Å². The molecule has 142 valence electrons. The van der Waals surface area contributed by atoms with Crippen molar-refractivity contribution in [3.8, 4) is 5.40 Å². The lowest BCUT2D eigenvalue weighted by Gasteiger charge is -2.39. The van der Waals surface area contributed by atoms with Gasteiger partial charge >= 0.3 is 35.8 Å². The van der Waals surface area contributed by atoms with Gasteiger partial charge in [-0.1, -0.05) is 0 Å². The van der Waals surface area contributed by atoms with Gasteiger partial charge in [0.15, 0.2) is 0 Å². The number of rotatable bonds is 7. The second-order valence-electron chi connectivity index (χ2n) is 4.19. The first kappa shape index (κ1) is 22.9. The summed E-state index contributed by atoms with van der Waals surface area (Å²) in [5.74, 6) is -38.0. The minimum atomic E-state index is -7.88. The van der Waals surface area contributed by atoms with Gasteiger partial charge in [0.25, 0.3) is 0 Å². The Morgan fingerprint density at radius 2 is 1.00 bits per heavy atom. The monoisotopic (exact) mass is 405 g/mol. The van der Waals surface area contributed by atoms with Crippen molar-refractivity contribution in [3.05, 3.63) is 0 Å². The van der Waals surface area contributed by atoms with Crippen LogP contribution in [-0.2, 0) is 0 Å². The molecule has 0 radical (unpaired) electrons. The molecular weight excluding hydrogens is 401 g/mol. The van der Waals surface area contributed by atoms with E-state index in [9.17, 15) is 57.1 Å². The molecular formula is C9H4F13NS. The third kappa shape index (κ3) is 3.33. The van der Waals surface area contributed by atoms with Crippen molar-refractivity contribution in [1.29, 1.82) is 5.26 Å². The van der Waals surface area contributed by atoms with E-state index in [-0.39, 0.29) is 11.8 Å². The quantitative estimate of drug-likeness (QED) is 0.325. The Morgan fingerprint density at radius 1 is 0.625 bits per heavy atom.